The molecule has 0 spiro atoms. The van der Waals surface area contributed by atoms with Crippen LogP contribution in [-0.4, -0.2) is 29.5 Å². The van der Waals surface area contributed by atoms with Gasteiger partial charge in [-0.05, 0) is 44.6 Å². The molecular weight excluding hydrogens is 326 g/mol. The summed E-state index contributed by atoms with van der Waals surface area (Å²) in [5.41, 5.74) is 8.84. The van der Waals surface area contributed by atoms with Crippen LogP contribution in [0, 0.1) is 6.92 Å². The molecule has 0 aliphatic rings. The number of benzene rings is 2. The van der Waals surface area contributed by atoms with Gasteiger partial charge in [-0.3, -0.25) is 4.79 Å². The summed E-state index contributed by atoms with van der Waals surface area (Å²) in [5.74, 6) is 0.200. The van der Waals surface area contributed by atoms with Crippen LogP contribution < -0.4 is 16.4 Å². The molecule has 3 aromatic rings. The van der Waals surface area contributed by atoms with Crippen LogP contribution in [0.5, 0.6) is 0 Å². The number of amides is 1. The van der Waals surface area contributed by atoms with Crippen molar-refractivity contribution in [2.45, 2.75) is 19.4 Å². The highest BCUT2D eigenvalue weighted by Crippen LogP contribution is 2.27. The first kappa shape index (κ1) is 17.8. The minimum Gasteiger partial charge on any atom is -0.366 e. The Bertz CT molecular complexity index is 925. The summed E-state index contributed by atoms with van der Waals surface area (Å²) in [6.07, 6.45) is 2.35. The molecule has 26 heavy (non-hydrogen) atoms. The van der Waals surface area contributed by atoms with E-state index in [0.29, 0.717) is 16.9 Å². The molecule has 6 heteroatoms. The Morgan fingerprint density at radius 1 is 1.19 bits per heavy atom. The lowest BCUT2D eigenvalue weighted by molar-refractivity contribution is 0.100. The molecule has 0 aliphatic carbocycles. The number of fused-ring (bicyclic) bond motifs is 1. The van der Waals surface area contributed by atoms with Gasteiger partial charge in [0.15, 0.2) is 0 Å². The van der Waals surface area contributed by atoms with E-state index < -0.39 is 5.91 Å². The van der Waals surface area contributed by atoms with Gasteiger partial charge < -0.3 is 16.4 Å². The van der Waals surface area contributed by atoms with E-state index in [2.05, 4.69) is 51.8 Å². The van der Waals surface area contributed by atoms with E-state index in [9.17, 15) is 4.79 Å². The molecule has 1 atom stereocenters. The van der Waals surface area contributed by atoms with E-state index >= 15 is 0 Å². The van der Waals surface area contributed by atoms with Crippen LogP contribution in [0.2, 0.25) is 0 Å². The van der Waals surface area contributed by atoms with E-state index in [1.807, 2.05) is 13.1 Å². The summed E-state index contributed by atoms with van der Waals surface area (Å²) in [5, 5.41) is 7.50. The number of aryl methyl sites for hydroxylation is 1. The first-order valence-electron chi connectivity index (χ1n) is 8.61. The number of nitrogens with one attached hydrogen (secondary N) is 2. The lowest BCUT2D eigenvalue weighted by atomic mass is 10.0. The molecule has 1 amide bonds. The van der Waals surface area contributed by atoms with Gasteiger partial charge in [0, 0.05) is 5.39 Å². The molecule has 0 bridgehead atoms. The minimum absolute atomic E-state index is 0.0812. The Morgan fingerprint density at radius 3 is 2.73 bits per heavy atom. The quantitative estimate of drug-likeness (QED) is 0.610. The summed E-state index contributed by atoms with van der Waals surface area (Å²) in [4.78, 5) is 20.3. The highest BCUT2D eigenvalue weighted by molar-refractivity contribution is 6.06. The van der Waals surface area contributed by atoms with Crippen LogP contribution >= 0.6 is 0 Å². The van der Waals surface area contributed by atoms with E-state index in [-0.39, 0.29) is 6.04 Å². The van der Waals surface area contributed by atoms with Crippen LogP contribution in [0.25, 0.3) is 10.9 Å². The maximum Gasteiger partial charge on any atom is 0.250 e. The summed E-state index contributed by atoms with van der Waals surface area (Å²) in [7, 11) is 1.94. The van der Waals surface area contributed by atoms with Gasteiger partial charge in [-0.1, -0.05) is 35.9 Å². The largest absolute Gasteiger partial charge is 0.366 e. The van der Waals surface area contributed by atoms with Crippen LogP contribution in [-0.2, 0) is 0 Å². The smallest absolute Gasteiger partial charge is 0.250 e. The number of aromatic nitrogens is 2. The summed E-state index contributed by atoms with van der Waals surface area (Å²) < 4.78 is 0. The number of carbonyl (C=O) groups excluding carboxylic acids is 1. The number of para-hydroxylation sites is 1. The Morgan fingerprint density at radius 2 is 2.00 bits per heavy atom. The molecular formula is C20H23N5O. The van der Waals surface area contributed by atoms with Crippen molar-refractivity contribution < 1.29 is 4.79 Å². The predicted molar refractivity (Wildman–Crippen MR) is 104 cm³/mol. The number of carbonyl (C=O) groups is 1. The van der Waals surface area contributed by atoms with Crippen molar-refractivity contribution in [1.82, 2.24) is 15.3 Å². The molecule has 2 aromatic carbocycles. The molecule has 6 nitrogen and oxygen atoms in total. The fourth-order valence-corrected chi connectivity index (χ4v) is 3.06. The van der Waals surface area contributed by atoms with Crippen molar-refractivity contribution in [3.8, 4) is 0 Å². The van der Waals surface area contributed by atoms with Gasteiger partial charge >= 0.3 is 0 Å². The van der Waals surface area contributed by atoms with Crippen molar-refractivity contribution >= 4 is 22.6 Å². The van der Waals surface area contributed by atoms with Crippen LogP contribution in [0.1, 0.15) is 33.9 Å². The molecule has 4 N–H and O–H groups in total. The summed E-state index contributed by atoms with van der Waals surface area (Å²) in [6.45, 7) is 2.94. The maximum atomic E-state index is 11.7. The third-order valence-corrected chi connectivity index (χ3v) is 4.37. The molecule has 134 valence electrons. The Hall–Kier alpha value is -2.99. The summed E-state index contributed by atoms with van der Waals surface area (Å²) in [6, 6.07) is 13.9. The van der Waals surface area contributed by atoms with Crippen molar-refractivity contribution in [2.75, 3.05) is 18.9 Å². The molecule has 1 unspecified atom stereocenters. The van der Waals surface area contributed by atoms with E-state index in [0.717, 1.165) is 18.4 Å². The second-order valence-corrected chi connectivity index (χ2v) is 6.29. The third-order valence-electron chi connectivity index (χ3n) is 4.37. The molecule has 1 aromatic heterocycles. The van der Waals surface area contributed by atoms with E-state index in [1.54, 1.807) is 12.1 Å². The predicted octanol–water partition coefficient (Wildman–Crippen LogP) is 2.80. The first-order valence-corrected chi connectivity index (χ1v) is 8.61. The van der Waals surface area contributed by atoms with Crippen molar-refractivity contribution in [1.29, 1.82) is 0 Å². The van der Waals surface area contributed by atoms with Crippen LogP contribution in [0.3, 0.4) is 0 Å². The number of hydrogen-bond acceptors (Lipinski definition) is 5. The molecule has 1 heterocycles. The Balaban J connectivity index is 2.01. The molecule has 0 aliphatic heterocycles. The van der Waals surface area contributed by atoms with Gasteiger partial charge in [-0.15, -0.1) is 0 Å². The zero-order valence-corrected chi connectivity index (χ0v) is 15.0. The fourth-order valence-electron chi connectivity index (χ4n) is 3.06. The topological polar surface area (TPSA) is 92.9 Å². The zero-order valence-electron chi connectivity index (χ0n) is 15.0. The molecule has 0 radical (unpaired) electrons. The first-order chi connectivity index (χ1) is 12.6. The summed E-state index contributed by atoms with van der Waals surface area (Å²) >= 11 is 0. The highest BCUT2D eigenvalue weighted by atomic mass is 16.1. The Labute approximate surface area is 152 Å². The van der Waals surface area contributed by atoms with Crippen molar-refractivity contribution in [3.05, 3.63) is 65.5 Å². The molecule has 0 fully saturated rings. The number of hydrogen-bond donors (Lipinski definition) is 3. The normalized spacial score (nSPS) is 12.1. The van der Waals surface area contributed by atoms with Crippen LogP contribution in [0.15, 0.2) is 48.8 Å². The van der Waals surface area contributed by atoms with Crippen molar-refractivity contribution in [3.63, 3.8) is 0 Å². The van der Waals surface area contributed by atoms with Crippen molar-refractivity contribution in [2.24, 2.45) is 5.73 Å². The standard InChI is InChI=1S/C20H23N5O/c1-13-5-3-6-14(11-13)17(9-10-22-2)25-20-16-8-4-7-15(19(21)26)18(16)23-12-24-20/h3-8,11-12,17,22H,9-10H2,1-2H3,(H2,21,26)(H,23,24,25). The van der Waals surface area contributed by atoms with Gasteiger partial charge in [0.2, 0.25) is 0 Å². The van der Waals surface area contributed by atoms with Gasteiger partial charge in [0.1, 0.15) is 12.1 Å². The fraction of sp³-hybridized carbons (Fsp3) is 0.250. The SMILES string of the molecule is CNCCC(Nc1ncnc2c(C(N)=O)cccc12)c1cccc(C)c1. The van der Waals surface area contributed by atoms with Gasteiger partial charge in [0.25, 0.3) is 5.91 Å². The highest BCUT2D eigenvalue weighted by Gasteiger charge is 2.16. The van der Waals surface area contributed by atoms with E-state index in [1.165, 1.54) is 17.5 Å². The number of nitrogens with zero attached hydrogens (tertiary/aromatic N) is 2. The number of anilines is 1. The number of primary amides is 1. The molecule has 0 saturated heterocycles. The third kappa shape index (κ3) is 3.81. The second kappa shape index (κ2) is 7.93. The van der Waals surface area contributed by atoms with E-state index in [4.69, 9.17) is 5.73 Å². The minimum atomic E-state index is -0.495. The Kier molecular flexibility index (Phi) is 5.43. The van der Waals surface area contributed by atoms with Gasteiger partial charge in [-0.25, -0.2) is 9.97 Å². The lowest BCUT2D eigenvalue weighted by Crippen LogP contribution is -2.19. The average Bonchev–Trinajstić information content (AvgIpc) is 2.64. The number of nitrogens with two attached hydrogens (primary N) is 1. The zero-order chi connectivity index (χ0) is 18.5. The molecule has 3 rings (SSSR count). The average molecular weight is 349 g/mol. The van der Waals surface area contributed by atoms with Gasteiger partial charge in [0.05, 0.1) is 17.1 Å². The second-order valence-electron chi connectivity index (χ2n) is 6.29. The van der Waals surface area contributed by atoms with Gasteiger partial charge in [-0.2, -0.15) is 0 Å². The lowest BCUT2D eigenvalue weighted by Gasteiger charge is -2.21. The monoisotopic (exact) mass is 349 g/mol. The molecule has 0 saturated carbocycles. The van der Waals surface area contributed by atoms with Crippen LogP contribution in [0.4, 0.5) is 5.82 Å². The maximum absolute atomic E-state index is 11.7. The number of rotatable bonds is 7.